The first-order valence-corrected chi connectivity index (χ1v) is 6.16. The first-order chi connectivity index (χ1) is 8.41. The number of hydrogen-bond donors (Lipinski definition) is 1. The van der Waals surface area contributed by atoms with Gasteiger partial charge in [-0.05, 0) is 31.5 Å². The van der Waals surface area contributed by atoms with Crippen molar-refractivity contribution in [1.82, 2.24) is 0 Å². The second kappa shape index (κ2) is 6.45. The largest absolute Gasteiger partial charge is 0.481 e. The topological polar surface area (TPSA) is 40.5 Å². The predicted molar refractivity (Wildman–Crippen MR) is 75.5 cm³/mol. The molecule has 1 aromatic carbocycles. The van der Waals surface area contributed by atoms with Gasteiger partial charge in [0.25, 0.3) is 0 Å². The lowest BCUT2D eigenvalue weighted by Crippen LogP contribution is -2.28. The van der Waals surface area contributed by atoms with Crippen molar-refractivity contribution in [3.05, 3.63) is 40.9 Å². The van der Waals surface area contributed by atoms with Crippen molar-refractivity contribution in [2.45, 2.75) is 20.3 Å². The molecule has 0 spiro atoms. The Kier molecular flexibility index (Phi) is 5.23. The monoisotopic (exact) mass is 267 g/mol. The van der Waals surface area contributed by atoms with Gasteiger partial charge in [-0.3, -0.25) is 4.79 Å². The molecule has 0 amide bonds. The number of anilines is 1. The summed E-state index contributed by atoms with van der Waals surface area (Å²) in [5, 5.41) is 9.48. The Morgan fingerprint density at radius 3 is 2.72 bits per heavy atom. The number of carboxylic acids is 1. The van der Waals surface area contributed by atoms with E-state index in [4.69, 9.17) is 16.7 Å². The molecule has 4 heteroatoms. The number of hydrogen-bond acceptors (Lipinski definition) is 2. The third-order valence-electron chi connectivity index (χ3n) is 2.64. The molecule has 3 nitrogen and oxygen atoms in total. The molecule has 18 heavy (non-hydrogen) atoms. The van der Waals surface area contributed by atoms with Crippen molar-refractivity contribution in [3.63, 3.8) is 0 Å². The fourth-order valence-corrected chi connectivity index (χ4v) is 1.95. The molecule has 0 aliphatic carbocycles. The minimum absolute atomic E-state index is 0.0965. The first-order valence-electron chi connectivity index (χ1n) is 5.78. The van der Waals surface area contributed by atoms with E-state index in [0.29, 0.717) is 18.1 Å². The van der Waals surface area contributed by atoms with Crippen LogP contribution in [0.4, 0.5) is 5.69 Å². The molecule has 98 valence electrons. The summed E-state index contributed by atoms with van der Waals surface area (Å²) in [6.07, 6.45) is 0.0965. The third kappa shape index (κ3) is 4.08. The number of carboxylic acid groups (broad SMARTS) is 1. The zero-order valence-electron chi connectivity index (χ0n) is 10.7. The van der Waals surface area contributed by atoms with E-state index < -0.39 is 5.97 Å². The van der Waals surface area contributed by atoms with Gasteiger partial charge in [0.2, 0.25) is 0 Å². The van der Waals surface area contributed by atoms with E-state index >= 15 is 0 Å². The van der Waals surface area contributed by atoms with Gasteiger partial charge in [0.1, 0.15) is 0 Å². The number of rotatable bonds is 6. The number of nitrogens with zero attached hydrogens (tertiary/aromatic N) is 1. The van der Waals surface area contributed by atoms with Crippen LogP contribution in [0.2, 0.25) is 5.02 Å². The highest BCUT2D eigenvalue weighted by Gasteiger charge is 2.12. The normalized spacial score (nSPS) is 10.2. The van der Waals surface area contributed by atoms with E-state index in [0.717, 1.165) is 16.8 Å². The van der Waals surface area contributed by atoms with Gasteiger partial charge in [-0.1, -0.05) is 29.8 Å². The van der Waals surface area contributed by atoms with Gasteiger partial charge >= 0.3 is 5.97 Å². The molecule has 0 heterocycles. The molecule has 0 aliphatic rings. The molecule has 0 fully saturated rings. The van der Waals surface area contributed by atoms with Gasteiger partial charge in [-0.15, -0.1) is 0 Å². The maximum atomic E-state index is 10.7. The predicted octanol–water partition coefficient (Wildman–Crippen LogP) is 3.51. The van der Waals surface area contributed by atoms with Gasteiger partial charge in [-0.25, -0.2) is 0 Å². The summed E-state index contributed by atoms with van der Waals surface area (Å²) in [7, 11) is 0. The molecule has 1 aromatic rings. The van der Waals surface area contributed by atoms with Crippen LogP contribution in [0, 0.1) is 6.92 Å². The summed E-state index contributed by atoms with van der Waals surface area (Å²) in [4.78, 5) is 12.7. The molecule has 0 saturated carbocycles. The minimum Gasteiger partial charge on any atom is -0.481 e. The van der Waals surface area contributed by atoms with Crippen molar-refractivity contribution >= 4 is 23.3 Å². The third-order valence-corrected chi connectivity index (χ3v) is 3.05. The van der Waals surface area contributed by atoms with Gasteiger partial charge in [-0.2, -0.15) is 0 Å². The van der Waals surface area contributed by atoms with E-state index in [1.165, 1.54) is 0 Å². The van der Waals surface area contributed by atoms with Crippen molar-refractivity contribution in [1.29, 1.82) is 0 Å². The van der Waals surface area contributed by atoms with Crippen molar-refractivity contribution < 1.29 is 9.90 Å². The summed E-state index contributed by atoms with van der Waals surface area (Å²) in [5.74, 6) is -0.804. The lowest BCUT2D eigenvalue weighted by Gasteiger charge is -2.26. The molecule has 0 aromatic heterocycles. The number of carbonyl (C=O) groups is 1. The second-order valence-electron chi connectivity index (χ2n) is 4.41. The number of aliphatic carboxylic acids is 1. The Morgan fingerprint density at radius 1 is 1.50 bits per heavy atom. The number of benzene rings is 1. The Morgan fingerprint density at radius 2 is 2.17 bits per heavy atom. The van der Waals surface area contributed by atoms with Crippen LogP contribution >= 0.6 is 11.6 Å². The average molecular weight is 268 g/mol. The molecule has 0 aliphatic heterocycles. The van der Waals surface area contributed by atoms with Crippen LogP contribution in [0.3, 0.4) is 0 Å². The van der Waals surface area contributed by atoms with Crippen molar-refractivity contribution in [2.75, 3.05) is 18.0 Å². The maximum Gasteiger partial charge on any atom is 0.305 e. The van der Waals surface area contributed by atoms with Gasteiger partial charge < -0.3 is 10.0 Å². The van der Waals surface area contributed by atoms with Crippen LogP contribution in [0.1, 0.15) is 18.9 Å². The fraction of sp³-hybridized carbons (Fsp3) is 0.357. The van der Waals surface area contributed by atoms with Crippen LogP contribution in [0.15, 0.2) is 30.4 Å². The van der Waals surface area contributed by atoms with Crippen LogP contribution < -0.4 is 4.90 Å². The maximum absolute atomic E-state index is 10.7. The van der Waals surface area contributed by atoms with E-state index in [1.807, 2.05) is 36.9 Å². The van der Waals surface area contributed by atoms with Gasteiger partial charge in [0, 0.05) is 23.8 Å². The van der Waals surface area contributed by atoms with Crippen LogP contribution in [-0.4, -0.2) is 24.2 Å². The zero-order valence-corrected chi connectivity index (χ0v) is 11.5. The molecule has 0 radical (unpaired) electrons. The molecule has 0 saturated heterocycles. The highest BCUT2D eigenvalue weighted by atomic mass is 35.5. The quantitative estimate of drug-likeness (QED) is 0.802. The first kappa shape index (κ1) is 14.6. The molecule has 1 N–H and O–H groups in total. The minimum atomic E-state index is -0.804. The molecule has 0 atom stereocenters. The van der Waals surface area contributed by atoms with Crippen LogP contribution in [0.5, 0.6) is 0 Å². The van der Waals surface area contributed by atoms with Crippen LogP contribution in [-0.2, 0) is 4.79 Å². The zero-order chi connectivity index (χ0) is 13.7. The van der Waals surface area contributed by atoms with E-state index in [1.54, 1.807) is 0 Å². The summed E-state index contributed by atoms with van der Waals surface area (Å²) in [6.45, 7) is 8.82. The average Bonchev–Trinajstić information content (AvgIpc) is 2.27. The summed E-state index contributed by atoms with van der Waals surface area (Å²) in [6, 6.07) is 5.65. The van der Waals surface area contributed by atoms with Gasteiger partial charge in [0.05, 0.1) is 6.42 Å². The molecule has 1 rings (SSSR count). The summed E-state index contributed by atoms with van der Waals surface area (Å²) >= 11 is 6.09. The number of halogens is 1. The Balaban J connectivity index is 2.97. The van der Waals surface area contributed by atoms with E-state index in [-0.39, 0.29) is 6.42 Å². The standard InChI is InChI=1S/C14H18ClNO2/c1-10(2)9-16(8-7-14(17)18)13-6-4-5-12(15)11(13)3/h4-6H,1,7-9H2,2-3H3,(H,17,18). The summed E-state index contributed by atoms with van der Waals surface area (Å²) in [5.41, 5.74) is 2.91. The van der Waals surface area contributed by atoms with E-state index in [2.05, 4.69) is 6.58 Å². The highest BCUT2D eigenvalue weighted by Crippen LogP contribution is 2.27. The van der Waals surface area contributed by atoms with Crippen LogP contribution in [0.25, 0.3) is 0 Å². The lowest BCUT2D eigenvalue weighted by atomic mass is 10.1. The Bertz CT molecular complexity index is 457. The molecule has 0 bridgehead atoms. The molecular formula is C14H18ClNO2. The Labute approximate surface area is 113 Å². The fourth-order valence-electron chi connectivity index (χ4n) is 1.78. The summed E-state index contributed by atoms with van der Waals surface area (Å²) < 4.78 is 0. The Hall–Kier alpha value is -1.48. The molecule has 0 unspecified atom stereocenters. The van der Waals surface area contributed by atoms with E-state index in [9.17, 15) is 4.79 Å². The lowest BCUT2D eigenvalue weighted by molar-refractivity contribution is -0.136. The highest BCUT2D eigenvalue weighted by molar-refractivity contribution is 6.31. The molecular weight excluding hydrogens is 250 g/mol. The smallest absolute Gasteiger partial charge is 0.305 e. The van der Waals surface area contributed by atoms with Gasteiger partial charge in [0.15, 0.2) is 0 Å². The van der Waals surface area contributed by atoms with Crippen molar-refractivity contribution in [2.24, 2.45) is 0 Å². The second-order valence-corrected chi connectivity index (χ2v) is 4.81. The SMILES string of the molecule is C=C(C)CN(CCC(=O)O)c1cccc(Cl)c1C. The van der Waals surface area contributed by atoms with Crippen molar-refractivity contribution in [3.8, 4) is 0 Å².